The first-order valence-corrected chi connectivity index (χ1v) is 7.50. The third-order valence-corrected chi connectivity index (χ3v) is 3.47. The van der Waals surface area contributed by atoms with E-state index in [4.69, 9.17) is 21.1 Å². The number of ether oxygens (including phenoxy) is 2. The number of carbonyl (C=O) groups is 1. The molecule has 1 aromatic carbocycles. The fraction of sp³-hybridized carbons (Fsp3) is 0.176. The predicted octanol–water partition coefficient (Wildman–Crippen LogP) is 3.60. The van der Waals surface area contributed by atoms with Crippen LogP contribution in [0.4, 0.5) is 11.5 Å². The molecule has 1 aromatic heterocycles. The molecule has 6 nitrogen and oxygen atoms in total. The molecule has 0 aliphatic rings. The van der Waals surface area contributed by atoms with Gasteiger partial charge in [0.2, 0.25) is 0 Å². The van der Waals surface area contributed by atoms with Crippen molar-refractivity contribution in [2.24, 2.45) is 0 Å². The van der Waals surface area contributed by atoms with Gasteiger partial charge in [-0.1, -0.05) is 17.7 Å². The number of hydrogen-bond donors (Lipinski definition) is 2. The first-order chi connectivity index (χ1) is 11.6. The van der Waals surface area contributed by atoms with Gasteiger partial charge in [-0.25, -0.2) is 4.98 Å². The number of carbonyl (C=O) groups excluding carboxylic acids is 1. The zero-order valence-corrected chi connectivity index (χ0v) is 14.2. The van der Waals surface area contributed by atoms with E-state index in [9.17, 15) is 4.79 Å². The summed E-state index contributed by atoms with van der Waals surface area (Å²) in [5, 5.41) is 6.20. The predicted molar refractivity (Wildman–Crippen MR) is 95.4 cm³/mol. The molecule has 2 aromatic rings. The van der Waals surface area contributed by atoms with Crippen LogP contribution >= 0.6 is 11.6 Å². The van der Waals surface area contributed by atoms with E-state index < -0.39 is 0 Å². The highest BCUT2D eigenvalue weighted by Crippen LogP contribution is 2.36. The first kappa shape index (κ1) is 17.6. The number of halogens is 1. The molecule has 0 radical (unpaired) electrons. The summed E-state index contributed by atoms with van der Waals surface area (Å²) in [5.41, 5.74) is 0.868. The lowest BCUT2D eigenvalue weighted by Gasteiger charge is -2.13. The number of rotatable bonds is 7. The van der Waals surface area contributed by atoms with Gasteiger partial charge in [-0.3, -0.25) is 4.79 Å². The summed E-state index contributed by atoms with van der Waals surface area (Å²) < 4.78 is 10.4. The minimum Gasteiger partial charge on any atom is -0.495 e. The topological polar surface area (TPSA) is 72.5 Å². The van der Waals surface area contributed by atoms with Crippen molar-refractivity contribution in [1.82, 2.24) is 4.98 Å². The lowest BCUT2D eigenvalue weighted by molar-refractivity contribution is 0.102. The molecule has 0 saturated carbocycles. The molecular weight excluding hydrogens is 330 g/mol. The van der Waals surface area contributed by atoms with Crippen molar-refractivity contribution < 1.29 is 14.3 Å². The number of aromatic nitrogens is 1. The number of amides is 1. The Labute approximate surface area is 145 Å². The van der Waals surface area contributed by atoms with E-state index in [-0.39, 0.29) is 5.91 Å². The summed E-state index contributed by atoms with van der Waals surface area (Å²) in [4.78, 5) is 16.5. The van der Waals surface area contributed by atoms with E-state index in [0.29, 0.717) is 40.1 Å². The van der Waals surface area contributed by atoms with Crippen LogP contribution in [0.15, 0.2) is 43.1 Å². The van der Waals surface area contributed by atoms with E-state index in [0.717, 1.165) is 0 Å². The summed E-state index contributed by atoms with van der Waals surface area (Å²) in [5.74, 6) is 1.22. The van der Waals surface area contributed by atoms with Gasteiger partial charge < -0.3 is 20.1 Å². The molecule has 0 aliphatic carbocycles. The van der Waals surface area contributed by atoms with Gasteiger partial charge in [-0.2, -0.15) is 0 Å². The molecule has 0 spiro atoms. The van der Waals surface area contributed by atoms with E-state index in [1.54, 1.807) is 30.3 Å². The molecule has 2 N–H and O–H groups in total. The summed E-state index contributed by atoms with van der Waals surface area (Å²) in [6.45, 7) is 4.22. The van der Waals surface area contributed by atoms with Gasteiger partial charge >= 0.3 is 0 Å². The lowest BCUT2D eigenvalue weighted by Crippen LogP contribution is -2.13. The summed E-state index contributed by atoms with van der Waals surface area (Å²) in [6, 6.07) is 6.58. The van der Waals surface area contributed by atoms with Gasteiger partial charge in [0.25, 0.3) is 5.91 Å². The Morgan fingerprint density at radius 2 is 2.04 bits per heavy atom. The Bertz CT molecular complexity index is 733. The van der Waals surface area contributed by atoms with Crippen molar-refractivity contribution >= 4 is 29.0 Å². The van der Waals surface area contributed by atoms with Crippen molar-refractivity contribution in [3.8, 4) is 11.5 Å². The Kier molecular flexibility index (Phi) is 6.03. The average molecular weight is 348 g/mol. The van der Waals surface area contributed by atoms with Gasteiger partial charge in [0.1, 0.15) is 17.3 Å². The maximum Gasteiger partial charge on any atom is 0.257 e. The SMILES string of the molecule is C=CCNc1ccc(C(=O)Nc2cc(OC)c(Cl)cc2OC)cn1. The van der Waals surface area contributed by atoms with Crippen LogP contribution in [-0.2, 0) is 0 Å². The molecule has 7 heteroatoms. The van der Waals surface area contributed by atoms with E-state index in [1.807, 2.05) is 0 Å². The van der Waals surface area contributed by atoms with Gasteiger partial charge in [0, 0.05) is 24.9 Å². The maximum atomic E-state index is 12.4. The van der Waals surface area contributed by atoms with Crippen molar-refractivity contribution in [2.45, 2.75) is 0 Å². The molecule has 24 heavy (non-hydrogen) atoms. The number of hydrogen-bond acceptors (Lipinski definition) is 5. The lowest BCUT2D eigenvalue weighted by atomic mass is 10.2. The number of benzene rings is 1. The van der Waals surface area contributed by atoms with E-state index in [2.05, 4.69) is 22.2 Å². The van der Waals surface area contributed by atoms with Crippen LogP contribution in [0, 0.1) is 0 Å². The smallest absolute Gasteiger partial charge is 0.257 e. The van der Waals surface area contributed by atoms with Crippen LogP contribution in [0.1, 0.15) is 10.4 Å². The number of anilines is 2. The third kappa shape index (κ3) is 4.17. The number of nitrogens with one attached hydrogen (secondary N) is 2. The number of pyridine rings is 1. The van der Waals surface area contributed by atoms with Crippen LogP contribution in [0.2, 0.25) is 5.02 Å². The summed E-state index contributed by atoms with van der Waals surface area (Å²) >= 11 is 6.05. The quantitative estimate of drug-likeness (QED) is 0.749. The van der Waals surface area contributed by atoms with E-state index >= 15 is 0 Å². The maximum absolute atomic E-state index is 12.4. The van der Waals surface area contributed by atoms with Crippen LogP contribution in [-0.4, -0.2) is 31.7 Å². The van der Waals surface area contributed by atoms with Gasteiger partial charge in [0.15, 0.2) is 0 Å². The molecule has 1 amide bonds. The molecule has 2 rings (SSSR count). The molecule has 0 fully saturated rings. The highest BCUT2D eigenvalue weighted by Gasteiger charge is 2.14. The molecule has 126 valence electrons. The van der Waals surface area contributed by atoms with Crippen LogP contribution in [0.25, 0.3) is 0 Å². The van der Waals surface area contributed by atoms with Crippen molar-refractivity contribution in [2.75, 3.05) is 31.4 Å². The summed E-state index contributed by atoms with van der Waals surface area (Å²) in [7, 11) is 2.99. The highest BCUT2D eigenvalue weighted by molar-refractivity contribution is 6.32. The van der Waals surface area contributed by atoms with Crippen LogP contribution in [0.5, 0.6) is 11.5 Å². The molecule has 0 bridgehead atoms. The second kappa shape index (κ2) is 8.21. The minimum atomic E-state index is -0.319. The third-order valence-electron chi connectivity index (χ3n) is 3.18. The monoisotopic (exact) mass is 347 g/mol. The Morgan fingerprint density at radius 3 is 2.62 bits per heavy atom. The van der Waals surface area contributed by atoms with Gasteiger partial charge in [-0.05, 0) is 12.1 Å². The largest absolute Gasteiger partial charge is 0.495 e. The molecule has 0 aliphatic heterocycles. The molecule has 0 unspecified atom stereocenters. The zero-order valence-electron chi connectivity index (χ0n) is 13.4. The average Bonchev–Trinajstić information content (AvgIpc) is 2.61. The molecule has 0 atom stereocenters. The second-order valence-corrected chi connectivity index (χ2v) is 5.15. The Balaban J connectivity index is 2.18. The van der Waals surface area contributed by atoms with Crippen molar-refractivity contribution in [3.05, 3.63) is 53.7 Å². The van der Waals surface area contributed by atoms with Crippen molar-refractivity contribution in [1.29, 1.82) is 0 Å². The highest BCUT2D eigenvalue weighted by atomic mass is 35.5. The second-order valence-electron chi connectivity index (χ2n) is 4.74. The number of nitrogens with zero attached hydrogens (tertiary/aromatic N) is 1. The van der Waals surface area contributed by atoms with E-state index in [1.165, 1.54) is 20.4 Å². The zero-order chi connectivity index (χ0) is 17.5. The molecule has 0 saturated heterocycles. The summed E-state index contributed by atoms with van der Waals surface area (Å²) in [6.07, 6.45) is 3.21. The Hall–Kier alpha value is -2.73. The molecular formula is C17H18ClN3O3. The minimum absolute atomic E-state index is 0.319. The van der Waals surface area contributed by atoms with Crippen molar-refractivity contribution in [3.63, 3.8) is 0 Å². The standard InChI is InChI=1S/C17H18ClN3O3/c1-4-7-19-16-6-5-11(10-20-16)17(22)21-13-9-14(23-2)12(18)8-15(13)24-3/h4-6,8-10H,1,7H2,2-3H3,(H,19,20)(H,21,22). The fourth-order valence-electron chi connectivity index (χ4n) is 1.96. The van der Waals surface area contributed by atoms with Crippen LogP contribution < -0.4 is 20.1 Å². The molecule has 1 heterocycles. The number of methoxy groups -OCH3 is 2. The fourth-order valence-corrected chi connectivity index (χ4v) is 2.19. The van der Waals surface area contributed by atoms with Crippen LogP contribution in [0.3, 0.4) is 0 Å². The van der Waals surface area contributed by atoms with Gasteiger partial charge in [-0.15, -0.1) is 6.58 Å². The first-order valence-electron chi connectivity index (χ1n) is 7.12. The normalized spacial score (nSPS) is 9.96. The van der Waals surface area contributed by atoms with Gasteiger partial charge in [0.05, 0.1) is 30.5 Å². The Morgan fingerprint density at radius 1 is 1.29 bits per heavy atom.